The molecule has 2 bridgehead atoms. The van der Waals surface area contributed by atoms with E-state index in [1.165, 1.54) is 32.2 Å². The van der Waals surface area contributed by atoms with Crippen molar-refractivity contribution in [2.24, 2.45) is 11.8 Å². The highest BCUT2D eigenvalue weighted by molar-refractivity contribution is 7.44. The summed E-state index contributed by atoms with van der Waals surface area (Å²) >= 11 is 0. The standard InChI is InChI=1S/C10H18NO2P/c1-12-14-11-6-8(7-13-14)9-4-2-3-5-10(9)11/h8-10H,2-7H2,1H3/t8-,9?,10?,14?/m0/s1. The van der Waals surface area contributed by atoms with Gasteiger partial charge in [0.05, 0.1) is 6.61 Å². The van der Waals surface area contributed by atoms with E-state index in [-0.39, 0.29) is 0 Å². The second-order valence-corrected chi connectivity index (χ2v) is 6.23. The van der Waals surface area contributed by atoms with E-state index >= 15 is 0 Å². The van der Waals surface area contributed by atoms with Crippen molar-refractivity contribution in [3.63, 3.8) is 0 Å². The first-order valence-corrected chi connectivity index (χ1v) is 6.77. The van der Waals surface area contributed by atoms with E-state index in [9.17, 15) is 0 Å². The van der Waals surface area contributed by atoms with Crippen LogP contribution in [0.15, 0.2) is 0 Å². The van der Waals surface area contributed by atoms with Gasteiger partial charge in [0.2, 0.25) is 0 Å². The number of nitrogens with zero attached hydrogens (tertiary/aromatic N) is 1. The normalized spacial score (nSPS) is 51.6. The van der Waals surface area contributed by atoms with Crippen LogP contribution in [-0.4, -0.2) is 31.0 Å². The van der Waals surface area contributed by atoms with Gasteiger partial charge < -0.3 is 9.05 Å². The maximum atomic E-state index is 5.77. The number of hydrogen-bond acceptors (Lipinski definition) is 3. The molecule has 80 valence electrons. The molecular weight excluding hydrogens is 197 g/mol. The van der Waals surface area contributed by atoms with Crippen molar-refractivity contribution < 1.29 is 9.05 Å². The average molecular weight is 215 g/mol. The molecule has 1 aliphatic carbocycles. The molecule has 2 heterocycles. The average Bonchev–Trinajstić information content (AvgIpc) is 2.55. The van der Waals surface area contributed by atoms with E-state index in [4.69, 9.17) is 9.05 Å². The van der Waals surface area contributed by atoms with Gasteiger partial charge in [-0.3, -0.25) is 0 Å². The fourth-order valence-corrected chi connectivity index (χ4v) is 4.98. The molecule has 3 aliphatic rings. The predicted molar refractivity (Wildman–Crippen MR) is 55.8 cm³/mol. The van der Waals surface area contributed by atoms with E-state index in [1.807, 2.05) is 0 Å². The molecule has 5 atom stereocenters. The summed E-state index contributed by atoms with van der Waals surface area (Å²) in [6.07, 6.45) is 5.61. The molecule has 0 aromatic carbocycles. The highest BCUT2D eigenvalue weighted by atomic mass is 31.2. The Morgan fingerprint density at radius 1 is 1.36 bits per heavy atom. The lowest BCUT2D eigenvalue weighted by Crippen LogP contribution is -2.31. The van der Waals surface area contributed by atoms with Crippen LogP contribution in [0.3, 0.4) is 0 Å². The largest absolute Gasteiger partial charge is 0.325 e. The molecule has 0 amide bonds. The second kappa shape index (κ2) is 3.71. The van der Waals surface area contributed by atoms with E-state index in [0.717, 1.165) is 24.5 Å². The van der Waals surface area contributed by atoms with E-state index in [2.05, 4.69) is 4.67 Å². The van der Waals surface area contributed by atoms with Crippen molar-refractivity contribution in [2.45, 2.75) is 31.7 Å². The minimum absolute atomic E-state index is 0.702. The molecule has 0 radical (unpaired) electrons. The van der Waals surface area contributed by atoms with Gasteiger partial charge in [-0.2, -0.15) is 0 Å². The first-order valence-electron chi connectivity index (χ1n) is 5.64. The van der Waals surface area contributed by atoms with E-state index in [0.29, 0.717) is 0 Å². The molecule has 2 aliphatic heterocycles. The molecule has 2 saturated heterocycles. The van der Waals surface area contributed by atoms with Gasteiger partial charge in [-0.15, -0.1) is 0 Å². The van der Waals surface area contributed by atoms with Crippen LogP contribution in [-0.2, 0) is 9.05 Å². The molecule has 0 aromatic rings. The van der Waals surface area contributed by atoms with Gasteiger partial charge in [-0.05, 0) is 18.8 Å². The van der Waals surface area contributed by atoms with Crippen molar-refractivity contribution in [1.82, 2.24) is 4.67 Å². The highest BCUT2D eigenvalue weighted by Gasteiger charge is 2.49. The van der Waals surface area contributed by atoms with Gasteiger partial charge in [0.15, 0.2) is 0 Å². The zero-order chi connectivity index (χ0) is 9.54. The Balaban J connectivity index is 1.81. The summed E-state index contributed by atoms with van der Waals surface area (Å²) in [5.74, 6) is 1.71. The Labute approximate surface area is 86.7 Å². The van der Waals surface area contributed by atoms with Gasteiger partial charge in [0.1, 0.15) is 0 Å². The Morgan fingerprint density at radius 3 is 3.07 bits per heavy atom. The lowest BCUT2D eigenvalue weighted by molar-refractivity contribution is 0.171. The first-order chi connectivity index (χ1) is 6.90. The molecule has 3 fully saturated rings. The van der Waals surface area contributed by atoms with Crippen LogP contribution >= 0.6 is 8.53 Å². The van der Waals surface area contributed by atoms with Crippen LogP contribution in [0.4, 0.5) is 0 Å². The Morgan fingerprint density at radius 2 is 2.21 bits per heavy atom. The predicted octanol–water partition coefficient (Wildman–Crippen LogP) is 2.38. The van der Waals surface area contributed by atoms with Gasteiger partial charge >= 0.3 is 0 Å². The topological polar surface area (TPSA) is 21.7 Å². The van der Waals surface area contributed by atoms with Crippen LogP contribution in [0.1, 0.15) is 25.7 Å². The fourth-order valence-electron chi connectivity index (χ4n) is 3.33. The maximum Gasteiger partial charge on any atom is 0.258 e. The minimum Gasteiger partial charge on any atom is -0.325 e. The summed E-state index contributed by atoms with van der Waals surface area (Å²) in [6, 6.07) is 0.780. The van der Waals surface area contributed by atoms with E-state index < -0.39 is 8.53 Å². The lowest BCUT2D eigenvalue weighted by atomic mass is 9.80. The number of hydrogen-bond donors (Lipinski definition) is 0. The van der Waals surface area contributed by atoms with Gasteiger partial charge in [-0.1, -0.05) is 12.8 Å². The molecule has 14 heavy (non-hydrogen) atoms. The molecule has 4 heteroatoms. The third-order valence-corrected chi connectivity index (χ3v) is 5.52. The van der Waals surface area contributed by atoms with Crippen molar-refractivity contribution >= 4 is 8.53 Å². The summed E-state index contributed by atoms with van der Waals surface area (Å²) in [4.78, 5) is 0. The van der Waals surface area contributed by atoms with Crippen molar-refractivity contribution in [3.05, 3.63) is 0 Å². The van der Waals surface area contributed by atoms with Crippen molar-refractivity contribution in [2.75, 3.05) is 20.3 Å². The summed E-state index contributed by atoms with van der Waals surface area (Å²) in [5, 5.41) is 0. The smallest absolute Gasteiger partial charge is 0.258 e. The van der Waals surface area contributed by atoms with Crippen LogP contribution < -0.4 is 0 Å². The highest BCUT2D eigenvalue weighted by Crippen LogP contribution is 2.57. The first kappa shape index (κ1) is 9.53. The Kier molecular flexibility index (Phi) is 2.53. The monoisotopic (exact) mass is 215 g/mol. The molecule has 3 nitrogen and oxygen atoms in total. The molecule has 0 spiro atoms. The molecule has 1 saturated carbocycles. The quantitative estimate of drug-likeness (QED) is 0.627. The number of rotatable bonds is 1. The zero-order valence-corrected chi connectivity index (χ0v) is 9.58. The van der Waals surface area contributed by atoms with Crippen molar-refractivity contribution in [3.8, 4) is 0 Å². The van der Waals surface area contributed by atoms with Gasteiger partial charge in [0.25, 0.3) is 8.53 Å². The number of fused-ring (bicyclic) bond motifs is 5. The summed E-state index contributed by atoms with van der Waals surface area (Å²) in [6.45, 7) is 2.17. The lowest BCUT2D eigenvalue weighted by Gasteiger charge is -2.33. The van der Waals surface area contributed by atoms with Crippen LogP contribution in [0.25, 0.3) is 0 Å². The zero-order valence-electron chi connectivity index (χ0n) is 8.69. The van der Waals surface area contributed by atoms with Gasteiger partial charge in [-0.25, -0.2) is 4.67 Å². The Hall–Kier alpha value is 0.310. The summed E-state index contributed by atoms with van der Waals surface area (Å²) in [7, 11) is 1.08. The van der Waals surface area contributed by atoms with E-state index in [1.54, 1.807) is 7.11 Å². The summed E-state index contributed by atoms with van der Waals surface area (Å²) in [5.41, 5.74) is 0. The van der Waals surface area contributed by atoms with Crippen LogP contribution in [0, 0.1) is 11.8 Å². The molecule has 4 unspecified atom stereocenters. The van der Waals surface area contributed by atoms with Crippen LogP contribution in [0.2, 0.25) is 0 Å². The molecule has 3 rings (SSSR count). The minimum atomic E-state index is -0.702. The fraction of sp³-hybridized carbons (Fsp3) is 1.00. The SMILES string of the molecule is COP1OC[C@@H]2CN1C1CCCCC12. The third-order valence-electron chi connectivity index (χ3n) is 3.96. The maximum absolute atomic E-state index is 5.77. The molecule has 0 N–H and O–H groups in total. The van der Waals surface area contributed by atoms with Crippen LogP contribution in [0.5, 0.6) is 0 Å². The molecular formula is C10H18NO2P. The third kappa shape index (κ3) is 1.34. The van der Waals surface area contributed by atoms with Gasteiger partial charge in [0, 0.05) is 25.6 Å². The Bertz CT molecular complexity index is 226. The molecule has 0 aromatic heterocycles. The summed E-state index contributed by atoms with van der Waals surface area (Å²) < 4.78 is 13.7. The van der Waals surface area contributed by atoms with Crippen molar-refractivity contribution in [1.29, 1.82) is 0 Å². The second-order valence-electron chi connectivity index (χ2n) is 4.61.